The molecule has 2 heterocycles. The number of hydrogen-bond donors (Lipinski definition) is 1. The summed E-state index contributed by atoms with van der Waals surface area (Å²) in [5.74, 6) is 0.354. The van der Waals surface area contributed by atoms with Crippen LogP contribution in [0.25, 0.3) is 10.8 Å². The van der Waals surface area contributed by atoms with E-state index in [1.54, 1.807) is 13.0 Å². The number of halogens is 1. The summed E-state index contributed by atoms with van der Waals surface area (Å²) in [6.07, 6.45) is 0. The van der Waals surface area contributed by atoms with Gasteiger partial charge in [-0.2, -0.15) is 0 Å². The molecule has 1 N–H and O–H groups in total. The Hall–Kier alpha value is -1.83. The van der Waals surface area contributed by atoms with E-state index in [1.807, 2.05) is 35.7 Å². The Morgan fingerprint density at radius 1 is 1.33 bits per heavy atom. The number of thiophene rings is 1. The van der Waals surface area contributed by atoms with Gasteiger partial charge in [0, 0.05) is 11.6 Å². The SMILES string of the molecule is C[C@H](Sc1nnc(-c2cccs2)o1)C(=O)NCc1ccccc1Cl. The molecule has 0 saturated heterocycles. The van der Waals surface area contributed by atoms with Gasteiger partial charge in [-0.15, -0.1) is 21.5 Å². The molecule has 8 heteroatoms. The summed E-state index contributed by atoms with van der Waals surface area (Å²) in [5.41, 5.74) is 0.877. The van der Waals surface area contributed by atoms with E-state index in [4.69, 9.17) is 16.0 Å². The number of amides is 1. The maximum Gasteiger partial charge on any atom is 0.277 e. The number of carbonyl (C=O) groups excluding carboxylic acids is 1. The summed E-state index contributed by atoms with van der Waals surface area (Å²) in [5, 5.41) is 13.4. The number of rotatable bonds is 6. The predicted octanol–water partition coefficient (Wildman–Crippen LogP) is 4.25. The van der Waals surface area contributed by atoms with Gasteiger partial charge in [0.15, 0.2) is 0 Å². The van der Waals surface area contributed by atoms with E-state index in [2.05, 4.69) is 15.5 Å². The molecular weight excluding hydrogens is 366 g/mol. The topological polar surface area (TPSA) is 68.0 Å². The molecule has 1 amide bonds. The van der Waals surface area contributed by atoms with E-state index in [0.29, 0.717) is 22.7 Å². The molecule has 0 aliphatic heterocycles. The van der Waals surface area contributed by atoms with Crippen LogP contribution in [0.2, 0.25) is 5.02 Å². The maximum absolute atomic E-state index is 12.2. The number of carbonyl (C=O) groups is 1. The Labute approximate surface area is 152 Å². The largest absolute Gasteiger partial charge is 0.410 e. The van der Waals surface area contributed by atoms with Crippen LogP contribution in [0.3, 0.4) is 0 Å². The van der Waals surface area contributed by atoms with Gasteiger partial charge in [-0.1, -0.05) is 47.6 Å². The molecule has 0 aliphatic carbocycles. The molecule has 3 aromatic rings. The van der Waals surface area contributed by atoms with Gasteiger partial charge >= 0.3 is 0 Å². The fourth-order valence-electron chi connectivity index (χ4n) is 1.93. The molecule has 0 unspecified atom stereocenters. The van der Waals surface area contributed by atoms with Gasteiger partial charge in [0.25, 0.3) is 11.1 Å². The molecule has 24 heavy (non-hydrogen) atoms. The summed E-state index contributed by atoms with van der Waals surface area (Å²) in [7, 11) is 0. The van der Waals surface area contributed by atoms with E-state index in [0.717, 1.165) is 10.4 Å². The first-order chi connectivity index (χ1) is 11.6. The average Bonchev–Trinajstić information content (AvgIpc) is 3.25. The number of thioether (sulfide) groups is 1. The first-order valence-corrected chi connectivity index (χ1v) is 9.32. The summed E-state index contributed by atoms with van der Waals surface area (Å²) in [6.45, 7) is 2.18. The van der Waals surface area contributed by atoms with Crippen molar-refractivity contribution in [2.24, 2.45) is 0 Å². The minimum Gasteiger partial charge on any atom is -0.410 e. The van der Waals surface area contributed by atoms with Crippen LogP contribution in [0.15, 0.2) is 51.4 Å². The number of aromatic nitrogens is 2. The minimum absolute atomic E-state index is 0.115. The standard InChI is InChI=1S/C16H14ClN3O2S2/c1-10(14(21)18-9-11-5-2-3-6-12(11)17)24-16-20-19-15(22-16)13-7-4-8-23-13/h2-8,10H,9H2,1H3,(H,18,21)/t10-/m0/s1. The molecule has 3 rings (SSSR count). The molecule has 1 aromatic carbocycles. The second-order valence-corrected chi connectivity index (χ2v) is 7.57. The zero-order chi connectivity index (χ0) is 16.9. The van der Waals surface area contributed by atoms with Gasteiger partial charge in [-0.3, -0.25) is 4.79 Å². The van der Waals surface area contributed by atoms with Crippen molar-refractivity contribution >= 4 is 40.6 Å². The van der Waals surface area contributed by atoms with Crippen molar-refractivity contribution < 1.29 is 9.21 Å². The summed E-state index contributed by atoms with van der Waals surface area (Å²) >= 11 is 8.83. The minimum atomic E-state index is -0.357. The Balaban J connectivity index is 1.55. The van der Waals surface area contributed by atoms with Gasteiger partial charge in [-0.05, 0) is 30.0 Å². The first-order valence-electron chi connectivity index (χ1n) is 7.18. The summed E-state index contributed by atoms with van der Waals surface area (Å²) in [4.78, 5) is 13.1. The number of hydrogen-bond acceptors (Lipinski definition) is 6. The van der Waals surface area contributed by atoms with Gasteiger partial charge in [-0.25, -0.2) is 0 Å². The number of nitrogens with one attached hydrogen (secondary N) is 1. The Morgan fingerprint density at radius 3 is 2.92 bits per heavy atom. The fourth-order valence-corrected chi connectivity index (χ4v) is 3.48. The fraction of sp³-hybridized carbons (Fsp3) is 0.188. The highest BCUT2D eigenvalue weighted by atomic mass is 35.5. The lowest BCUT2D eigenvalue weighted by molar-refractivity contribution is -0.120. The lowest BCUT2D eigenvalue weighted by Gasteiger charge is -2.10. The smallest absolute Gasteiger partial charge is 0.277 e. The molecule has 0 spiro atoms. The quantitative estimate of drug-likeness (QED) is 0.648. The van der Waals surface area contributed by atoms with Crippen molar-refractivity contribution in [2.45, 2.75) is 23.9 Å². The molecule has 2 aromatic heterocycles. The van der Waals surface area contributed by atoms with Crippen LogP contribution in [0, 0.1) is 0 Å². The molecule has 1 atom stereocenters. The van der Waals surface area contributed by atoms with Crippen molar-refractivity contribution in [1.82, 2.24) is 15.5 Å². The third-order valence-electron chi connectivity index (χ3n) is 3.20. The van der Waals surface area contributed by atoms with Crippen molar-refractivity contribution in [3.63, 3.8) is 0 Å². The van der Waals surface area contributed by atoms with Gasteiger partial charge in [0.05, 0.1) is 10.1 Å². The molecule has 0 fully saturated rings. The lowest BCUT2D eigenvalue weighted by Crippen LogP contribution is -2.30. The second-order valence-electron chi connectivity index (χ2n) is 4.92. The van der Waals surface area contributed by atoms with E-state index in [-0.39, 0.29) is 11.2 Å². The Kier molecular flexibility index (Phi) is 5.55. The van der Waals surface area contributed by atoms with Crippen LogP contribution in [-0.4, -0.2) is 21.4 Å². The van der Waals surface area contributed by atoms with Crippen LogP contribution in [0.1, 0.15) is 12.5 Å². The van der Waals surface area contributed by atoms with Crippen LogP contribution < -0.4 is 5.32 Å². The van der Waals surface area contributed by atoms with Crippen LogP contribution in [-0.2, 0) is 11.3 Å². The van der Waals surface area contributed by atoms with Crippen LogP contribution in [0.5, 0.6) is 0 Å². The average molecular weight is 380 g/mol. The predicted molar refractivity (Wildman–Crippen MR) is 96.2 cm³/mol. The van der Waals surface area contributed by atoms with E-state index < -0.39 is 0 Å². The summed E-state index contributed by atoms with van der Waals surface area (Å²) < 4.78 is 5.58. The highest BCUT2D eigenvalue weighted by Gasteiger charge is 2.19. The zero-order valence-corrected chi connectivity index (χ0v) is 15.1. The molecule has 0 saturated carbocycles. The Bertz CT molecular complexity index is 820. The van der Waals surface area contributed by atoms with Crippen molar-refractivity contribution in [3.05, 3.63) is 52.4 Å². The Morgan fingerprint density at radius 2 is 2.17 bits per heavy atom. The second kappa shape index (κ2) is 7.83. The number of nitrogens with zero attached hydrogens (tertiary/aromatic N) is 2. The third-order valence-corrected chi connectivity index (χ3v) is 5.36. The summed E-state index contributed by atoms with van der Waals surface area (Å²) in [6, 6.07) is 11.2. The van der Waals surface area contributed by atoms with Gasteiger partial charge in [0.2, 0.25) is 5.91 Å². The van der Waals surface area contributed by atoms with Crippen molar-refractivity contribution in [2.75, 3.05) is 0 Å². The number of benzene rings is 1. The molecule has 5 nitrogen and oxygen atoms in total. The van der Waals surface area contributed by atoms with E-state index >= 15 is 0 Å². The van der Waals surface area contributed by atoms with E-state index in [1.165, 1.54) is 23.1 Å². The normalized spacial score (nSPS) is 12.1. The van der Waals surface area contributed by atoms with Crippen molar-refractivity contribution in [3.8, 4) is 10.8 Å². The molecule has 0 bridgehead atoms. The molecule has 0 aliphatic rings. The monoisotopic (exact) mass is 379 g/mol. The highest BCUT2D eigenvalue weighted by molar-refractivity contribution is 8.00. The molecular formula is C16H14ClN3O2S2. The van der Waals surface area contributed by atoms with Crippen LogP contribution in [0.4, 0.5) is 0 Å². The van der Waals surface area contributed by atoms with Gasteiger partial charge in [0.1, 0.15) is 0 Å². The highest BCUT2D eigenvalue weighted by Crippen LogP contribution is 2.28. The first kappa shape index (κ1) is 17.0. The third kappa shape index (κ3) is 4.17. The molecule has 0 radical (unpaired) electrons. The zero-order valence-electron chi connectivity index (χ0n) is 12.7. The van der Waals surface area contributed by atoms with Crippen molar-refractivity contribution in [1.29, 1.82) is 0 Å². The molecule has 124 valence electrons. The maximum atomic E-state index is 12.2. The van der Waals surface area contributed by atoms with E-state index in [9.17, 15) is 4.79 Å². The lowest BCUT2D eigenvalue weighted by atomic mass is 10.2. The van der Waals surface area contributed by atoms with Gasteiger partial charge < -0.3 is 9.73 Å². The van der Waals surface area contributed by atoms with Crippen LogP contribution >= 0.6 is 34.7 Å².